The van der Waals surface area contributed by atoms with E-state index in [1.54, 1.807) is 6.07 Å². The molecule has 17 heavy (non-hydrogen) atoms. The summed E-state index contributed by atoms with van der Waals surface area (Å²) in [4.78, 5) is 0. The van der Waals surface area contributed by atoms with Gasteiger partial charge in [-0.15, -0.1) is 0 Å². The lowest BCUT2D eigenvalue weighted by Crippen LogP contribution is -1.99. The standard InChI is InChI=1S/C12H5BrCl2O2/c13-10-6(14)5-9-12(11(10)15)17-8-4-2-1-3-7(8)16-9/h1-5H. The smallest absolute Gasteiger partial charge is 0.189 e. The van der Waals surface area contributed by atoms with E-state index in [2.05, 4.69) is 15.9 Å². The Hall–Kier alpha value is -0.900. The molecule has 0 unspecified atom stereocenters. The molecule has 0 aromatic heterocycles. The fourth-order valence-electron chi connectivity index (χ4n) is 1.57. The number of halogens is 3. The van der Waals surface area contributed by atoms with E-state index < -0.39 is 0 Å². The van der Waals surface area contributed by atoms with E-state index in [0.717, 1.165) is 0 Å². The summed E-state index contributed by atoms with van der Waals surface area (Å²) in [7, 11) is 0. The fourth-order valence-corrected chi connectivity index (χ4v) is 2.34. The molecule has 0 radical (unpaired) electrons. The third kappa shape index (κ3) is 1.79. The van der Waals surface area contributed by atoms with Crippen molar-refractivity contribution in [3.05, 3.63) is 44.8 Å². The molecule has 1 aliphatic heterocycles. The Morgan fingerprint density at radius 3 is 2.29 bits per heavy atom. The monoisotopic (exact) mass is 330 g/mol. The molecular weight excluding hydrogens is 327 g/mol. The van der Waals surface area contributed by atoms with Gasteiger partial charge in [-0.3, -0.25) is 0 Å². The highest BCUT2D eigenvalue weighted by molar-refractivity contribution is 9.10. The molecule has 0 aliphatic carbocycles. The predicted molar refractivity (Wildman–Crippen MR) is 70.8 cm³/mol. The van der Waals surface area contributed by atoms with Crippen LogP contribution in [0, 0.1) is 0 Å². The van der Waals surface area contributed by atoms with Crippen LogP contribution in [-0.4, -0.2) is 0 Å². The minimum Gasteiger partial charge on any atom is -0.449 e. The van der Waals surface area contributed by atoms with E-state index in [-0.39, 0.29) is 0 Å². The molecule has 2 nitrogen and oxygen atoms in total. The molecule has 3 rings (SSSR count). The molecule has 2 aromatic carbocycles. The molecule has 1 heterocycles. The van der Waals surface area contributed by atoms with Crippen molar-refractivity contribution >= 4 is 39.1 Å². The Bertz CT molecular complexity index is 614. The van der Waals surface area contributed by atoms with Crippen LogP contribution in [0.1, 0.15) is 0 Å². The largest absolute Gasteiger partial charge is 0.449 e. The lowest BCUT2D eigenvalue weighted by molar-refractivity contribution is 0.359. The van der Waals surface area contributed by atoms with Gasteiger partial charge in [-0.1, -0.05) is 35.3 Å². The van der Waals surface area contributed by atoms with E-state index in [1.807, 2.05) is 24.3 Å². The van der Waals surface area contributed by atoms with Crippen LogP contribution in [0.15, 0.2) is 34.8 Å². The number of rotatable bonds is 0. The maximum atomic E-state index is 6.15. The van der Waals surface area contributed by atoms with Crippen LogP contribution in [0.4, 0.5) is 0 Å². The van der Waals surface area contributed by atoms with E-state index in [4.69, 9.17) is 32.7 Å². The third-order valence-electron chi connectivity index (χ3n) is 2.36. The summed E-state index contributed by atoms with van der Waals surface area (Å²) in [6.07, 6.45) is 0. The fraction of sp³-hybridized carbons (Fsp3) is 0. The van der Waals surface area contributed by atoms with Gasteiger partial charge < -0.3 is 9.47 Å². The van der Waals surface area contributed by atoms with Gasteiger partial charge in [-0.2, -0.15) is 0 Å². The molecule has 0 atom stereocenters. The quantitative estimate of drug-likeness (QED) is 0.495. The Kier molecular flexibility index (Phi) is 2.69. The first kappa shape index (κ1) is 11.2. The predicted octanol–water partition coefficient (Wildman–Crippen LogP) is 5.65. The van der Waals surface area contributed by atoms with Gasteiger partial charge in [0.1, 0.15) is 5.02 Å². The van der Waals surface area contributed by atoms with Crippen molar-refractivity contribution < 1.29 is 9.47 Å². The summed E-state index contributed by atoms with van der Waals surface area (Å²) in [5, 5.41) is 0.888. The Morgan fingerprint density at radius 1 is 0.941 bits per heavy atom. The number of hydrogen-bond donors (Lipinski definition) is 0. The Labute approximate surface area is 116 Å². The summed E-state index contributed by atoms with van der Waals surface area (Å²) in [6, 6.07) is 9.04. The zero-order valence-electron chi connectivity index (χ0n) is 8.34. The van der Waals surface area contributed by atoms with Crippen LogP contribution >= 0.6 is 39.1 Å². The molecule has 5 heteroatoms. The average molecular weight is 332 g/mol. The van der Waals surface area contributed by atoms with Gasteiger partial charge in [-0.25, -0.2) is 0 Å². The molecule has 0 amide bonds. The van der Waals surface area contributed by atoms with Gasteiger partial charge in [-0.05, 0) is 28.1 Å². The minimum absolute atomic E-state index is 0.405. The summed E-state index contributed by atoms with van der Waals surface area (Å²) >= 11 is 15.5. The third-order valence-corrected chi connectivity index (χ3v) is 4.30. The number of fused-ring (bicyclic) bond motifs is 2. The lowest BCUT2D eigenvalue weighted by atomic mass is 10.2. The normalized spacial score (nSPS) is 12.2. The molecule has 86 valence electrons. The first-order valence-corrected chi connectivity index (χ1v) is 6.34. The van der Waals surface area contributed by atoms with Crippen molar-refractivity contribution in [2.24, 2.45) is 0 Å². The second-order valence-corrected chi connectivity index (χ2v) is 5.04. The highest BCUT2D eigenvalue weighted by Gasteiger charge is 2.24. The minimum atomic E-state index is 0.405. The molecular formula is C12H5BrCl2O2. The van der Waals surface area contributed by atoms with Gasteiger partial charge in [0, 0.05) is 6.07 Å². The van der Waals surface area contributed by atoms with Gasteiger partial charge in [0.15, 0.2) is 23.0 Å². The summed E-state index contributed by atoms with van der Waals surface area (Å²) in [5.74, 6) is 2.27. The number of ether oxygens (including phenoxy) is 2. The summed E-state index contributed by atoms with van der Waals surface area (Å²) < 4.78 is 12.0. The second kappa shape index (κ2) is 4.09. The van der Waals surface area contributed by atoms with Gasteiger partial charge >= 0.3 is 0 Å². The zero-order chi connectivity index (χ0) is 12.0. The van der Waals surface area contributed by atoms with Crippen molar-refractivity contribution in [2.75, 3.05) is 0 Å². The van der Waals surface area contributed by atoms with Crippen LogP contribution < -0.4 is 9.47 Å². The van der Waals surface area contributed by atoms with Crippen molar-refractivity contribution in [2.45, 2.75) is 0 Å². The Morgan fingerprint density at radius 2 is 1.59 bits per heavy atom. The summed E-state index contributed by atoms with van der Waals surface area (Å²) in [5.41, 5.74) is 0. The van der Waals surface area contributed by atoms with Crippen LogP contribution in [0.2, 0.25) is 10.0 Å². The molecule has 0 N–H and O–H groups in total. The van der Waals surface area contributed by atoms with Crippen LogP contribution in [-0.2, 0) is 0 Å². The molecule has 0 saturated carbocycles. The van der Waals surface area contributed by atoms with Crippen molar-refractivity contribution in [3.8, 4) is 23.0 Å². The molecule has 0 bridgehead atoms. The first-order valence-electron chi connectivity index (χ1n) is 4.79. The number of benzene rings is 2. The number of hydrogen-bond acceptors (Lipinski definition) is 2. The van der Waals surface area contributed by atoms with E-state index in [1.165, 1.54) is 0 Å². The molecule has 0 fully saturated rings. The van der Waals surface area contributed by atoms with Crippen LogP contribution in [0.25, 0.3) is 0 Å². The topological polar surface area (TPSA) is 18.5 Å². The van der Waals surface area contributed by atoms with Crippen molar-refractivity contribution in [3.63, 3.8) is 0 Å². The average Bonchev–Trinajstić information content (AvgIpc) is 2.34. The maximum Gasteiger partial charge on any atom is 0.189 e. The van der Waals surface area contributed by atoms with Gasteiger partial charge in [0.05, 0.1) is 9.50 Å². The molecule has 2 aromatic rings. The van der Waals surface area contributed by atoms with Crippen molar-refractivity contribution in [1.82, 2.24) is 0 Å². The zero-order valence-corrected chi connectivity index (χ0v) is 11.4. The van der Waals surface area contributed by atoms with Crippen LogP contribution in [0.5, 0.6) is 23.0 Å². The highest BCUT2D eigenvalue weighted by atomic mass is 79.9. The molecule has 0 saturated heterocycles. The van der Waals surface area contributed by atoms with Gasteiger partial charge in [0.2, 0.25) is 0 Å². The van der Waals surface area contributed by atoms with E-state index >= 15 is 0 Å². The molecule has 1 aliphatic rings. The lowest BCUT2D eigenvalue weighted by Gasteiger charge is -2.22. The Balaban J connectivity index is 2.18. The van der Waals surface area contributed by atoms with Crippen LogP contribution in [0.3, 0.4) is 0 Å². The van der Waals surface area contributed by atoms with Gasteiger partial charge in [0.25, 0.3) is 0 Å². The number of para-hydroxylation sites is 2. The second-order valence-electron chi connectivity index (χ2n) is 3.46. The van der Waals surface area contributed by atoms with E-state index in [9.17, 15) is 0 Å². The SMILES string of the molecule is Clc1cc2c(c(Cl)c1Br)Oc1ccccc1O2. The molecule has 0 spiro atoms. The highest BCUT2D eigenvalue weighted by Crippen LogP contribution is 2.52. The van der Waals surface area contributed by atoms with E-state index in [0.29, 0.717) is 37.5 Å². The maximum absolute atomic E-state index is 6.15. The first-order chi connectivity index (χ1) is 8.16. The summed E-state index contributed by atoms with van der Waals surface area (Å²) in [6.45, 7) is 0. The van der Waals surface area contributed by atoms with Crippen molar-refractivity contribution in [1.29, 1.82) is 0 Å².